The van der Waals surface area contributed by atoms with Crippen molar-refractivity contribution >= 4 is 35.5 Å². The minimum absolute atomic E-state index is 0.0637. The molecule has 4 atom stereocenters. The normalized spacial score (nSPS) is 14.6. The van der Waals surface area contributed by atoms with Crippen molar-refractivity contribution < 1.29 is 29.4 Å². The fraction of sp³-hybridized carbons (Fsp3) is 0.600. The van der Waals surface area contributed by atoms with E-state index in [1.165, 1.54) is 23.9 Å². The molecule has 3 amide bonds. The van der Waals surface area contributed by atoms with Crippen LogP contribution in [0.3, 0.4) is 0 Å². The van der Waals surface area contributed by atoms with Crippen LogP contribution in [0.1, 0.15) is 46.1 Å². The van der Waals surface area contributed by atoms with Gasteiger partial charge in [-0.15, -0.1) is 0 Å². The Morgan fingerprint density at radius 3 is 2.00 bits per heavy atom. The number of thioether (sulfide) groups is 1. The molecule has 7 N–H and O–H groups in total. The van der Waals surface area contributed by atoms with Crippen molar-refractivity contribution in [2.75, 3.05) is 12.0 Å². The van der Waals surface area contributed by atoms with Gasteiger partial charge >= 0.3 is 5.97 Å². The van der Waals surface area contributed by atoms with Gasteiger partial charge in [-0.2, -0.15) is 11.8 Å². The van der Waals surface area contributed by atoms with Crippen molar-refractivity contribution in [2.24, 2.45) is 17.6 Å². The highest BCUT2D eigenvalue weighted by molar-refractivity contribution is 7.98. The molecule has 0 aliphatic heterocycles. The van der Waals surface area contributed by atoms with E-state index in [1.54, 1.807) is 26.0 Å². The molecule has 10 nitrogen and oxygen atoms in total. The Labute approximate surface area is 217 Å². The number of aromatic hydroxyl groups is 1. The monoisotopic (exact) mass is 524 g/mol. The fourth-order valence-corrected chi connectivity index (χ4v) is 3.99. The molecular formula is C25H40N4O6S. The van der Waals surface area contributed by atoms with Gasteiger partial charge in [0, 0.05) is 6.42 Å². The van der Waals surface area contributed by atoms with E-state index >= 15 is 0 Å². The van der Waals surface area contributed by atoms with Crippen LogP contribution in [0.2, 0.25) is 0 Å². The minimum atomic E-state index is -1.15. The van der Waals surface area contributed by atoms with Crippen LogP contribution in [0.4, 0.5) is 0 Å². The Morgan fingerprint density at radius 2 is 1.50 bits per heavy atom. The number of hydrogen-bond acceptors (Lipinski definition) is 7. The lowest BCUT2D eigenvalue weighted by Gasteiger charge is -2.27. The van der Waals surface area contributed by atoms with Crippen molar-refractivity contribution in [3.8, 4) is 5.75 Å². The highest BCUT2D eigenvalue weighted by Gasteiger charge is 2.32. The van der Waals surface area contributed by atoms with Gasteiger partial charge in [-0.05, 0) is 54.4 Å². The molecule has 0 radical (unpaired) electrons. The van der Waals surface area contributed by atoms with Crippen LogP contribution in [0.25, 0.3) is 0 Å². The Hall–Kier alpha value is -2.79. The Kier molecular flexibility index (Phi) is 13.3. The van der Waals surface area contributed by atoms with Crippen molar-refractivity contribution in [1.82, 2.24) is 16.0 Å². The number of phenols is 1. The van der Waals surface area contributed by atoms with Crippen LogP contribution in [0, 0.1) is 11.8 Å². The first kappa shape index (κ1) is 31.2. The molecule has 0 fully saturated rings. The van der Waals surface area contributed by atoms with Crippen LogP contribution in [-0.4, -0.2) is 70.1 Å². The fourth-order valence-electron chi connectivity index (χ4n) is 3.51. The second-order valence-electron chi connectivity index (χ2n) is 9.58. The summed E-state index contributed by atoms with van der Waals surface area (Å²) in [5.41, 5.74) is 6.68. The Morgan fingerprint density at radius 1 is 0.917 bits per heavy atom. The molecule has 0 spiro atoms. The molecule has 0 heterocycles. The molecule has 202 valence electrons. The van der Waals surface area contributed by atoms with E-state index in [4.69, 9.17) is 5.73 Å². The van der Waals surface area contributed by atoms with Crippen molar-refractivity contribution in [3.05, 3.63) is 29.8 Å². The number of phenolic OH excluding ortho intramolecular Hbond substituents is 1. The maximum absolute atomic E-state index is 13.3. The van der Waals surface area contributed by atoms with Gasteiger partial charge in [0.1, 0.15) is 23.9 Å². The lowest BCUT2D eigenvalue weighted by molar-refractivity contribution is -0.142. The second-order valence-corrected chi connectivity index (χ2v) is 10.6. The van der Waals surface area contributed by atoms with Crippen LogP contribution >= 0.6 is 11.8 Å². The molecule has 36 heavy (non-hydrogen) atoms. The molecule has 0 aromatic heterocycles. The third kappa shape index (κ3) is 10.9. The molecule has 1 aromatic carbocycles. The number of rotatable bonds is 15. The Bertz CT molecular complexity index is 878. The highest BCUT2D eigenvalue weighted by atomic mass is 32.2. The number of carbonyl (C=O) groups excluding carboxylic acids is 3. The maximum atomic E-state index is 13.3. The summed E-state index contributed by atoms with van der Waals surface area (Å²) in [7, 11) is 0. The summed E-state index contributed by atoms with van der Waals surface area (Å²) < 4.78 is 0. The predicted molar refractivity (Wildman–Crippen MR) is 141 cm³/mol. The molecule has 0 saturated heterocycles. The summed E-state index contributed by atoms with van der Waals surface area (Å²) in [6.07, 6.45) is 2.62. The minimum Gasteiger partial charge on any atom is -0.508 e. The van der Waals surface area contributed by atoms with Crippen molar-refractivity contribution in [1.29, 1.82) is 0 Å². The number of nitrogens with one attached hydrogen (secondary N) is 3. The third-order valence-electron chi connectivity index (χ3n) is 5.54. The first-order valence-corrected chi connectivity index (χ1v) is 13.4. The van der Waals surface area contributed by atoms with Gasteiger partial charge in [-0.25, -0.2) is 4.79 Å². The smallest absolute Gasteiger partial charge is 0.326 e. The number of aliphatic carboxylic acids is 1. The molecular weight excluding hydrogens is 484 g/mol. The van der Waals surface area contributed by atoms with E-state index in [9.17, 15) is 29.4 Å². The van der Waals surface area contributed by atoms with E-state index in [-0.39, 0.29) is 30.4 Å². The standard InChI is InChI=1S/C25H40N4O6S/c1-14(2)12-18(26)22(31)28-20(13-16-6-8-17(30)9-7-16)23(32)29-21(15(3)4)24(33)27-19(25(34)35)10-11-36-5/h6-9,14-15,18-21,30H,10-13,26H2,1-5H3,(H,27,33)(H,28,31)(H,29,32)(H,34,35). The summed E-state index contributed by atoms with van der Waals surface area (Å²) >= 11 is 1.47. The number of carboxylic acids is 1. The lowest BCUT2D eigenvalue weighted by Crippen LogP contribution is -2.59. The zero-order valence-corrected chi connectivity index (χ0v) is 22.4. The molecule has 1 rings (SSSR count). The summed E-state index contributed by atoms with van der Waals surface area (Å²) in [6, 6.07) is 2.26. The number of benzene rings is 1. The van der Waals surface area contributed by atoms with Gasteiger partial charge in [0.05, 0.1) is 6.04 Å². The van der Waals surface area contributed by atoms with Gasteiger partial charge in [-0.1, -0.05) is 39.8 Å². The average molecular weight is 525 g/mol. The number of nitrogens with two attached hydrogens (primary N) is 1. The highest BCUT2D eigenvalue weighted by Crippen LogP contribution is 2.13. The van der Waals surface area contributed by atoms with E-state index in [0.29, 0.717) is 17.7 Å². The average Bonchev–Trinajstić information content (AvgIpc) is 2.79. The van der Waals surface area contributed by atoms with E-state index < -0.39 is 47.9 Å². The zero-order chi connectivity index (χ0) is 27.4. The summed E-state index contributed by atoms with van der Waals surface area (Å²) in [5, 5.41) is 26.9. The van der Waals surface area contributed by atoms with Gasteiger partial charge in [0.2, 0.25) is 17.7 Å². The molecule has 0 bridgehead atoms. The SMILES string of the molecule is CSCCC(NC(=O)C(NC(=O)C(Cc1ccc(O)cc1)NC(=O)C(N)CC(C)C)C(C)C)C(=O)O. The lowest BCUT2D eigenvalue weighted by atomic mass is 9.99. The summed E-state index contributed by atoms with van der Waals surface area (Å²) in [6.45, 7) is 7.33. The Balaban J connectivity index is 3.08. The summed E-state index contributed by atoms with van der Waals surface area (Å²) in [5.74, 6) is -2.41. The van der Waals surface area contributed by atoms with Gasteiger partial charge < -0.3 is 31.9 Å². The number of amides is 3. The second kappa shape index (κ2) is 15.4. The van der Waals surface area contributed by atoms with Crippen LogP contribution < -0.4 is 21.7 Å². The van der Waals surface area contributed by atoms with E-state index in [0.717, 1.165) is 0 Å². The van der Waals surface area contributed by atoms with Gasteiger partial charge in [-0.3, -0.25) is 14.4 Å². The number of carbonyl (C=O) groups is 4. The largest absolute Gasteiger partial charge is 0.508 e. The topological polar surface area (TPSA) is 171 Å². The van der Waals surface area contributed by atoms with Crippen LogP contribution in [0.15, 0.2) is 24.3 Å². The molecule has 0 saturated carbocycles. The van der Waals surface area contributed by atoms with Crippen LogP contribution in [0.5, 0.6) is 5.75 Å². The number of hydrogen-bond donors (Lipinski definition) is 6. The van der Waals surface area contributed by atoms with Crippen molar-refractivity contribution in [3.63, 3.8) is 0 Å². The zero-order valence-electron chi connectivity index (χ0n) is 21.6. The van der Waals surface area contributed by atoms with Crippen molar-refractivity contribution in [2.45, 2.75) is 71.1 Å². The number of carboxylic acid groups (broad SMARTS) is 1. The quantitative estimate of drug-likeness (QED) is 0.199. The first-order chi connectivity index (χ1) is 16.8. The molecule has 0 aliphatic carbocycles. The van der Waals surface area contributed by atoms with E-state index in [1.807, 2.05) is 20.1 Å². The third-order valence-corrected chi connectivity index (χ3v) is 6.19. The molecule has 1 aromatic rings. The predicted octanol–water partition coefficient (Wildman–Crippen LogP) is 1.26. The first-order valence-electron chi connectivity index (χ1n) is 12.0. The molecule has 11 heteroatoms. The van der Waals surface area contributed by atoms with Gasteiger partial charge in [0.15, 0.2) is 0 Å². The molecule has 0 aliphatic rings. The summed E-state index contributed by atoms with van der Waals surface area (Å²) in [4.78, 5) is 50.5. The molecule has 4 unspecified atom stereocenters. The maximum Gasteiger partial charge on any atom is 0.326 e. The van der Waals surface area contributed by atoms with E-state index in [2.05, 4.69) is 16.0 Å². The van der Waals surface area contributed by atoms with Crippen LogP contribution in [-0.2, 0) is 25.6 Å². The van der Waals surface area contributed by atoms with Gasteiger partial charge in [0.25, 0.3) is 0 Å².